The summed E-state index contributed by atoms with van der Waals surface area (Å²) in [7, 11) is 0. The van der Waals surface area contributed by atoms with E-state index in [1.165, 1.54) is 19.3 Å². The highest BCUT2D eigenvalue weighted by Gasteiger charge is 2.29. The Morgan fingerprint density at radius 1 is 1.12 bits per heavy atom. The van der Waals surface area contributed by atoms with Crippen molar-refractivity contribution in [2.75, 3.05) is 5.73 Å². The number of anilines is 1. The zero-order valence-electron chi connectivity index (χ0n) is 18.7. The number of nitrogen functional groups attached to an aromatic ring is 1. The Bertz CT molecular complexity index is 1260. The minimum atomic E-state index is -0.0446. The van der Waals surface area contributed by atoms with E-state index in [1.54, 1.807) is 17.6 Å². The summed E-state index contributed by atoms with van der Waals surface area (Å²) in [6, 6.07) is 12.3. The van der Waals surface area contributed by atoms with E-state index in [-0.39, 0.29) is 11.7 Å². The van der Waals surface area contributed by atoms with Crippen molar-refractivity contribution in [3.63, 3.8) is 0 Å². The van der Waals surface area contributed by atoms with Gasteiger partial charge in [-0.25, -0.2) is 4.98 Å². The van der Waals surface area contributed by atoms with Crippen LogP contribution in [0.25, 0.3) is 22.5 Å². The minimum Gasteiger partial charge on any atom is -0.383 e. The molecule has 164 valence electrons. The van der Waals surface area contributed by atoms with Crippen LogP contribution in [0.1, 0.15) is 67.9 Å². The maximum atomic E-state index is 12.6. The van der Waals surface area contributed by atoms with Gasteiger partial charge >= 0.3 is 0 Å². The molecule has 2 N–H and O–H groups in total. The number of nitrogens with two attached hydrogens (primary N) is 1. The highest BCUT2D eigenvalue weighted by Crippen LogP contribution is 2.39. The Hall–Kier alpha value is -3.41. The van der Waals surface area contributed by atoms with Crippen molar-refractivity contribution >= 4 is 17.2 Å². The highest BCUT2D eigenvalue weighted by atomic mass is 16.1. The molecular weight excluding hydrogens is 398 g/mol. The van der Waals surface area contributed by atoms with Gasteiger partial charge in [0.1, 0.15) is 5.82 Å². The highest BCUT2D eigenvalue weighted by molar-refractivity contribution is 6.00. The molecule has 3 heterocycles. The van der Waals surface area contributed by atoms with Crippen LogP contribution in [-0.4, -0.2) is 24.9 Å². The Morgan fingerprint density at radius 3 is 2.56 bits per heavy atom. The number of fused-ring (bicyclic) bond motifs is 1. The molecule has 1 aromatic carbocycles. The third-order valence-electron chi connectivity index (χ3n) is 6.93. The van der Waals surface area contributed by atoms with Crippen molar-refractivity contribution in [1.82, 2.24) is 19.2 Å². The number of carbonyl (C=O) groups excluding carboxylic acids is 1. The molecule has 0 aliphatic heterocycles. The summed E-state index contributed by atoms with van der Waals surface area (Å²) < 4.78 is 3.70. The van der Waals surface area contributed by atoms with Crippen LogP contribution in [-0.2, 0) is 0 Å². The number of hydrogen-bond acceptors (Lipinski definition) is 4. The smallest absolute Gasteiger partial charge is 0.165 e. The SMILES string of the molecule is CCC1CCC(c2nc3c(-c4ccn(-c5ccccc5)c4)cnn3c(N)c2C(C)=O)CC1. The molecule has 0 spiro atoms. The van der Waals surface area contributed by atoms with Crippen LogP contribution >= 0.6 is 0 Å². The van der Waals surface area contributed by atoms with Crippen molar-refractivity contribution in [3.8, 4) is 16.8 Å². The van der Waals surface area contributed by atoms with Gasteiger partial charge in [-0.1, -0.05) is 31.5 Å². The molecule has 1 saturated carbocycles. The number of hydrogen-bond donors (Lipinski definition) is 1. The van der Waals surface area contributed by atoms with E-state index in [1.807, 2.05) is 24.4 Å². The minimum absolute atomic E-state index is 0.0446. The van der Waals surface area contributed by atoms with Crippen LogP contribution < -0.4 is 5.73 Å². The normalized spacial score (nSPS) is 18.8. The van der Waals surface area contributed by atoms with Gasteiger partial charge in [0.05, 0.1) is 17.5 Å². The Morgan fingerprint density at radius 2 is 1.88 bits per heavy atom. The van der Waals surface area contributed by atoms with Crippen LogP contribution in [0.15, 0.2) is 55.0 Å². The van der Waals surface area contributed by atoms with E-state index >= 15 is 0 Å². The van der Waals surface area contributed by atoms with Gasteiger partial charge in [-0.15, -0.1) is 0 Å². The average molecular weight is 428 g/mol. The first-order valence-electron chi connectivity index (χ1n) is 11.5. The molecule has 1 aliphatic carbocycles. The van der Waals surface area contributed by atoms with E-state index in [0.29, 0.717) is 17.0 Å². The molecule has 6 heteroatoms. The summed E-state index contributed by atoms with van der Waals surface area (Å²) >= 11 is 0. The summed E-state index contributed by atoms with van der Waals surface area (Å²) in [6.07, 6.45) is 11.6. The largest absolute Gasteiger partial charge is 0.383 e. The first kappa shape index (κ1) is 20.5. The van der Waals surface area contributed by atoms with E-state index in [2.05, 4.69) is 41.0 Å². The average Bonchev–Trinajstić information content (AvgIpc) is 3.47. The zero-order valence-corrected chi connectivity index (χ0v) is 18.7. The van der Waals surface area contributed by atoms with Crippen molar-refractivity contribution in [2.45, 2.75) is 51.9 Å². The van der Waals surface area contributed by atoms with Crippen molar-refractivity contribution in [2.24, 2.45) is 5.92 Å². The maximum absolute atomic E-state index is 12.6. The van der Waals surface area contributed by atoms with Gasteiger partial charge in [0.25, 0.3) is 0 Å². The number of nitrogens with zero attached hydrogens (tertiary/aromatic N) is 4. The predicted octanol–water partition coefficient (Wildman–Crippen LogP) is 5.66. The quantitative estimate of drug-likeness (QED) is 0.417. The molecule has 4 aromatic rings. The molecular formula is C26H29N5O. The third kappa shape index (κ3) is 3.49. The Labute approximate surface area is 188 Å². The molecule has 0 unspecified atom stereocenters. The molecule has 3 aromatic heterocycles. The van der Waals surface area contributed by atoms with Gasteiger partial charge in [-0.2, -0.15) is 9.61 Å². The van der Waals surface area contributed by atoms with Gasteiger partial charge < -0.3 is 10.3 Å². The van der Waals surface area contributed by atoms with E-state index < -0.39 is 0 Å². The molecule has 0 radical (unpaired) electrons. The van der Waals surface area contributed by atoms with E-state index in [4.69, 9.17) is 10.7 Å². The van der Waals surface area contributed by atoms with Gasteiger partial charge in [-0.3, -0.25) is 4.79 Å². The fraction of sp³-hybridized carbons (Fsp3) is 0.346. The first-order valence-corrected chi connectivity index (χ1v) is 11.5. The lowest BCUT2D eigenvalue weighted by Crippen LogP contribution is -2.19. The molecule has 0 saturated heterocycles. The predicted molar refractivity (Wildman–Crippen MR) is 127 cm³/mol. The zero-order chi connectivity index (χ0) is 22.2. The molecule has 1 fully saturated rings. The molecule has 5 rings (SSSR count). The second kappa shape index (κ2) is 8.26. The molecule has 6 nitrogen and oxygen atoms in total. The second-order valence-corrected chi connectivity index (χ2v) is 8.88. The summed E-state index contributed by atoms with van der Waals surface area (Å²) in [5, 5.41) is 4.50. The van der Waals surface area contributed by atoms with Crippen LogP contribution in [0.3, 0.4) is 0 Å². The molecule has 0 amide bonds. The third-order valence-corrected chi connectivity index (χ3v) is 6.93. The van der Waals surface area contributed by atoms with Crippen molar-refractivity contribution < 1.29 is 4.79 Å². The lowest BCUT2D eigenvalue weighted by molar-refractivity contribution is 0.101. The topological polar surface area (TPSA) is 78.2 Å². The van der Waals surface area contributed by atoms with Crippen molar-refractivity contribution in [1.29, 1.82) is 0 Å². The van der Waals surface area contributed by atoms with Crippen LogP contribution in [0, 0.1) is 5.92 Å². The number of aromatic nitrogens is 4. The molecule has 1 aliphatic rings. The summed E-state index contributed by atoms with van der Waals surface area (Å²) in [5.74, 6) is 1.39. The summed E-state index contributed by atoms with van der Waals surface area (Å²) in [6.45, 7) is 3.83. The van der Waals surface area contributed by atoms with Gasteiger partial charge in [-0.05, 0) is 56.7 Å². The monoisotopic (exact) mass is 427 g/mol. The van der Waals surface area contributed by atoms with Crippen molar-refractivity contribution in [3.05, 3.63) is 66.2 Å². The fourth-order valence-electron chi connectivity index (χ4n) is 5.05. The number of ketones is 1. The maximum Gasteiger partial charge on any atom is 0.165 e. The van der Waals surface area contributed by atoms with Crippen LogP contribution in [0.2, 0.25) is 0 Å². The molecule has 0 atom stereocenters. The number of Topliss-reactive ketones (excluding diaryl/α,β-unsaturated/α-hetero) is 1. The lowest BCUT2D eigenvalue weighted by Gasteiger charge is -2.28. The van der Waals surface area contributed by atoms with Gasteiger partial charge in [0.15, 0.2) is 11.4 Å². The summed E-state index contributed by atoms with van der Waals surface area (Å²) in [4.78, 5) is 17.6. The van der Waals surface area contributed by atoms with E-state index in [9.17, 15) is 4.79 Å². The van der Waals surface area contributed by atoms with Gasteiger partial charge in [0, 0.05) is 35.1 Å². The fourth-order valence-corrected chi connectivity index (χ4v) is 5.05. The van der Waals surface area contributed by atoms with E-state index in [0.717, 1.165) is 41.3 Å². The Balaban J connectivity index is 1.60. The molecule has 0 bridgehead atoms. The lowest BCUT2D eigenvalue weighted by atomic mass is 9.78. The second-order valence-electron chi connectivity index (χ2n) is 8.88. The Kier molecular flexibility index (Phi) is 5.29. The number of para-hydroxylation sites is 1. The van der Waals surface area contributed by atoms with Crippen LogP contribution in [0.4, 0.5) is 5.82 Å². The standard InChI is InChI=1S/C26H29N5O/c1-3-18-9-11-19(12-10-18)24-23(17(2)32)25(27)31-26(29-24)22(15-28-31)20-13-14-30(16-20)21-7-5-4-6-8-21/h4-8,13-16,18-19H,3,9-12,27H2,1-2H3. The van der Waals surface area contributed by atoms with Gasteiger partial charge in [0.2, 0.25) is 0 Å². The number of rotatable bonds is 5. The number of benzene rings is 1. The van der Waals surface area contributed by atoms with Crippen LogP contribution in [0.5, 0.6) is 0 Å². The molecule has 32 heavy (non-hydrogen) atoms. The first-order chi connectivity index (χ1) is 15.6. The summed E-state index contributed by atoms with van der Waals surface area (Å²) in [5.41, 5.74) is 11.6. The number of carbonyl (C=O) groups is 1.